The summed E-state index contributed by atoms with van der Waals surface area (Å²) in [5.74, 6) is 0.221. The molecule has 0 aliphatic heterocycles. The lowest BCUT2D eigenvalue weighted by atomic mass is 10.0. The largest absolute Gasteiger partial charge is 0.291 e. The van der Waals surface area contributed by atoms with Gasteiger partial charge in [0, 0.05) is 27.9 Å². The number of hydroxylamine groups is 1. The molecule has 82 valence electrons. The first-order valence-electron chi connectivity index (χ1n) is 4.62. The van der Waals surface area contributed by atoms with Crippen LogP contribution < -0.4 is 5.48 Å². The van der Waals surface area contributed by atoms with Gasteiger partial charge in [0.1, 0.15) is 0 Å². The van der Waals surface area contributed by atoms with E-state index in [4.69, 9.17) is 5.21 Å². The second-order valence-electron chi connectivity index (χ2n) is 3.32. The topological polar surface area (TPSA) is 49.3 Å². The SMILES string of the molecule is C=C(/C=C/C1C=C(S(C)=O)C=CC1)NO. The minimum atomic E-state index is -0.936. The molecule has 1 aliphatic rings. The molecule has 0 saturated heterocycles. The van der Waals surface area contributed by atoms with E-state index in [0.717, 1.165) is 11.3 Å². The van der Waals surface area contributed by atoms with E-state index in [1.165, 1.54) is 0 Å². The summed E-state index contributed by atoms with van der Waals surface area (Å²) in [4.78, 5) is 0.846. The molecule has 0 radical (unpaired) electrons. The van der Waals surface area contributed by atoms with Gasteiger partial charge in [-0.3, -0.25) is 14.9 Å². The van der Waals surface area contributed by atoms with Crippen LogP contribution in [0.15, 0.2) is 47.6 Å². The van der Waals surface area contributed by atoms with E-state index in [1.54, 1.807) is 12.3 Å². The maximum atomic E-state index is 11.2. The summed E-state index contributed by atoms with van der Waals surface area (Å²) in [7, 11) is -0.936. The summed E-state index contributed by atoms with van der Waals surface area (Å²) < 4.78 is 11.2. The Morgan fingerprint density at radius 2 is 2.53 bits per heavy atom. The van der Waals surface area contributed by atoms with Crippen molar-refractivity contribution in [2.24, 2.45) is 5.92 Å². The van der Waals surface area contributed by atoms with Crippen molar-refractivity contribution in [3.8, 4) is 0 Å². The first-order chi connectivity index (χ1) is 7.13. The number of allylic oxidation sites excluding steroid dienone is 5. The molecule has 0 spiro atoms. The van der Waals surface area contributed by atoms with Crippen LogP contribution in [-0.2, 0) is 10.8 Å². The fraction of sp³-hybridized carbons (Fsp3) is 0.273. The number of rotatable bonds is 4. The molecule has 1 rings (SSSR count). The van der Waals surface area contributed by atoms with Crippen molar-refractivity contribution in [2.75, 3.05) is 6.26 Å². The van der Waals surface area contributed by atoms with Crippen LogP contribution in [0.2, 0.25) is 0 Å². The van der Waals surface area contributed by atoms with E-state index in [2.05, 4.69) is 6.58 Å². The molecule has 1 aliphatic carbocycles. The van der Waals surface area contributed by atoms with Gasteiger partial charge in [-0.2, -0.15) is 0 Å². The van der Waals surface area contributed by atoms with E-state index in [1.807, 2.05) is 29.8 Å². The zero-order chi connectivity index (χ0) is 11.3. The van der Waals surface area contributed by atoms with Gasteiger partial charge in [0.2, 0.25) is 0 Å². The molecular weight excluding hydrogens is 210 g/mol. The third-order valence-electron chi connectivity index (χ3n) is 2.09. The molecule has 4 heteroatoms. The Morgan fingerprint density at radius 3 is 3.13 bits per heavy atom. The Balaban J connectivity index is 2.66. The second-order valence-corrected chi connectivity index (χ2v) is 4.70. The molecule has 0 fully saturated rings. The molecule has 0 saturated carbocycles. The van der Waals surface area contributed by atoms with Gasteiger partial charge in [0.25, 0.3) is 0 Å². The van der Waals surface area contributed by atoms with Gasteiger partial charge < -0.3 is 0 Å². The number of nitrogens with one attached hydrogen (secondary N) is 1. The highest BCUT2D eigenvalue weighted by molar-refractivity contribution is 7.88. The van der Waals surface area contributed by atoms with Crippen molar-refractivity contribution >= 4 is 10.8 Å². The summed E-state index contributed by atoms with van der Waals surface area (Å²) in [6.45, 7) is 3.57. The molecule has 0 aromatic heterocycles. The van der Waals surface area contributed by atoms with Crippen molar-refractivity contribution < 1.29 is 9.42 Å². The lowest BCUT2D eigenvalue weighted by Crippen LogP contribution is -2.04. The molecule has 0 heterocycles. The molecular formula is C11H15NO2S. The van der Waals surface area contributed by atoms with Crippen LogP contribution in [0, 0.1) is 5.92 Å². The Morgan fingerprint density at radius 1 is 1.80 bits per heavy atom. The van der Waals surface area contributed by atoms with Crippen molar-refractivity contribution in [1.29, 1.82) is 0 Å². The summed E-state index contributed by atoms with van der Waals surface area (Å²) in [5, 5.41) is 8.53. The predicted molar refractivity (Wildman–Crippen MR) is 62.6 cm³/mol. The fourth-order valence-corrected chi connectivity index (χ4v) is 1.93. The predicted octanol–water partition coefficient (Wildman–Crippen LogP) is 1.87. The van der Waals surface area contributed by atoms with E-state index < -0.39 is 10.8 Å². The minimum Gasteiger partial charge on any atom is -0.291 e. The van der Waals surface area contributed by atoms with Crippen molar-refractivity contribution in [2.45, 2.75) is 6.42 Å². The lowest BCUT2D eigenvalue weighted by molar-refractivity contribution is 0.205. The van der Waals surface area contributed by atoms with Crippen LogP contribution in [0.4, 0.5) is 0 Å². The fourth-order valence-electron chi connectivity index (χ4n) is 1.28. The lowest BCUT2D eigenvalue weighted by Gasteiger charge is -2.11. The normalized spacial score (nSPS) is 22.5. The quantitative estimate of drug-likeness (QED) is 0.567. The third kappa shape index (κ3) is 3.85. The standard InChI is InChI=1S/C11H15NO2S/c1-9(12-13)6-7-10-4-3-5-11(8-10)15(2)14/h3,5-8,10,12-13H,1,4H2,2H3/b7-6+. The number of hydrogen-bond donors (Lipinski definition) is 2. The van der Waals surface area contributed by atoms with Crippen molar-refractivity contribution in [3.05, 3.63) is 47.6 Å². The summed E-state index contributed by atoms with van der Waals surface area (Å²) in [5.41, 5.74) is 2.40. The van der Waals surface area contributed by atoms with Crippen LogP contribution in [0.1, 0.15) is 6.42 Å². The van der Waals surface area contributed by atoms with Crippen LogP contribution >= 0.6 is 0 Å². The Kier molecular flexibility index (Phi) is 4.52. The molecule has 0 amide bonds. The van der Waals surface area contributed by atoms with Crippen LogP contribution in [0.3, 0.4) is 0 Å². The van der Waals surface area contributed by atoms with Crippen molar-refractivity contribution in [1.82, 2.24) is 5.48 Å². The van der Waals surface area contributed by atoms with Crippen LogP contribution in [0.5, 0.6) is 0 Å². The maximum Gasteiger partial charge on any atom is 0.0527 e. The van der Waals surface area contributed by atoms with Gasteiger partial charge in [-0.1, -0.05) is 30.9 Å². The average molecular weight is 225 g/mol. The zero-order valence-corrected chi connectivity index (χ0v) is 9.46. The molecule has 0 bridgehead atoms. The second kappa shape index (κ2) is 5.68. The molecule has 2 unspecified atom stereocenters. The Labute approximate surface area is 92.3 Å². The smallest absolute Gasteiger partial charge is 0.0527 e. The van der Waals surface area contributed by atoms with Gasteiger partial charge >= 0.3 is 0 Å². The van der Waals surface area contributed by atoms with Gasteiger partial charge in [-0.05, 0) is 12.5 Å². The Bertz CT molecular complexity index is 356. The van der Waals surface area contributed by atoms with E-state index in [9.17, 15) is 4.21 Å². The molecule has 15 heavy (non-hydrogen) atoms. The zero-order valence-electron chi connectivity index (χ0n) is 8.64. The van der Waals surface area contributed by atoms with Crippen LogP contribution in [-0.4, -0.2) is 15.7 Å². The van der Waals surface area contributed by atoms with Gasteiger partial charge in [0.05, 0.1) is 5.70 Å². The maximum absolute atomic E-state index is 11.2. The molecule has 0 aromatic rings. The first-order valence-corrected chi connectivity index (χ1v) is 6.18. The summed E-state index contributed by atoms with van der Waals surface area (Å²) in [6, 6.07) is 0. The van der Waals surface area contributed by atoms with Gasteiger partial charge in [0.15, 0.2) is 0 Å². The highest BCUT2D eigenvalue weighted by Gasteiger charge is 2.08. The number of hydrogen-bond acceptors (Lipinski definition) is 3. The summed E-state index contributed by atoms with van der Waals surface area (Å²) >= 11 is 0. The highest BCUT2D eigenvalue weighted by Crippen LogP contribution is 2.19. The van der Waals surface area contributed by atoms with Crippen LogP contribution in [0.25, 0.3) is 0 Å². The molecule has 2 N–H and O–H groups in total. The summed E-state index contributed by atoms with van der Waals surface area (Å²) in [6.07, 6.45) is 12.0. The minimum absolute atomic E-state index is 0.221. The van der Waals surface area contributed by atoms with Gasteiger partial charge in [-0.15, -0.1) is 0 Å². The molecule has 0 aromatic carbocycles. The van der Waals surface area contributed by atoms with Crippen molar-refractivity contribution in [3.63, 3.8) is 0 Å². The molecule has 2 atom stereocenters. The van der Waals surface area contributed by atoms with E-state index in [0.29, 0.717) is 5.70 Å². The van der Waals surface area contributed by atoms with E-state index in [-0.39, 0.29) is 5.92 Å². The highest BCUT2D eigenvalue weighted by atomic mass is 32.2. The Hall–Kier alpha value is -1.13. The first kappa shape index (κ1) is 11.9. The van der Waals surface area contributed by atoms with E-state index >= 15 is 0 Å². The monoisotopic (exact) mass is 225 g/mol. The third-order valence-corrected chi connectivity index (χ3v) is 3.02. The van der Waals surface area contributed by atoms with Gasteiger partial charge in [-0.25, -0.2) is 0 Å². The average Bonchev–Trinajstić information content (AvgIpc) is 2.26. The molecule has 3 nitrogen and oxygen atoms in total.